The summed E-state index contributed by atoms with van der Waals surface area (Å²) in [6, 6.07) is 17.2. The van der Waals surface area contributed by atoms with Gasteiger partial charge in [-0.3, -0.25) is 24.6 Å². The van der Waals surface area contributed by atoms with Crippen LogP contribution in [0, 0.1) is 0 Å². The Kier molecular flexibility index (Phi) is 11.2. The highest BCUT2D eigenvalue weighted by Gasteiger charge is 2.40. The number of halogens is 2. The number of nitrogens with zero attached hydrogens (tertiary/aromatic N) is 5. The second kappa shape index (κ2) is 15.9. The first-order valence-corrected chi connectivity index (χ1v) is 21.9. The molecule has 0 saturated carbocycles. The minimum Gasteiger partial charge on any atom is -0.494 e. The third kappa shape index (κ3) is 8.38. The molecule has 0 radical (unpaired) electrons. The van der Waals surface area contributed by atoms with Gasteiger partial charge in [0.25, 0.3) is 5.91 Å². The molecule has 4 aromatic rings. The number of carbonyl (C=O) groups is 3. The SMILES string of the molecule is COc1cc(N2CCC(N(C)Cc3cc(Br)c4c(c3)CN(C3CCC(=O)NC3=O)C4=O)CC2)ccc1Nc1ncc(Cl)c(Nc2ccccc2P(C)(C)=O)n1. The largest absolute Gasteiger partial charge is 0.494 e. The van der Waals surface area contributed by atoms with Crippen LogP contribution in [0.25, 0.3) is 0 Å². The van der Waals surface area contributed by atoms with Gasteiger partial charge in [0.15, 0.2) is 5.82 Å². The van der Waals surface area contributed by atoms with Crippen molar-refractivity contribution >= 4 is 86.5 Å². The molecule has 0 aliphatic carbocycles. The maximum atomic E-state index is 13.3. The van der Waals surface area contributed by atoms with Crippen molar-refractivity contribution < 1.29 is 23.7 Å². The van der Waals surface area contributed by atoms with Crippen LogP contribution in [0.1, 0.15) is 47.2 Å². The van der Waals surface area contributed by atoms with Gasteiger partial charge in [-0.15, -0.1) is 0 Å². The number of ether oxygens (including phenoxy) is 1. The highest BCUT2D eigenvalue weighted by atomic mass is 79.9. The molecule has 4 heterocycles. The fourth-order valence-electron chi connectivity index (χ4n) is 7.59. The molecule has 13 nitrogen and oxygen atoms in total. The number of hydrogen-bond acceptors (Lipinski definition) is 11. The quantitative estimate of drug-likeness (QED) is 0.112. The summed E-state index contributed by atoms with van der Waals surface area (Å²) in [4.78, 5) is 52.8. The van der Waals surface area contributed by atoms with Gasteiger partial charge in [-0.1, -0.05) is 29.8 Å². The predicted molar refractivity (Wildman–Crippen MR) is 219 cm³/mol. The van der Waals surface area contributed by atoms with Crippen molar-refractivity contribution in [2.75, 3.05) is 56.1 Å². The van der Waals surface area contributed by atoms with Crippen LogP contribution >= 0.6 is 34.7 Å². The third-order valence-electron chi connectivity index (χ3n) is 10.4. The second-order valence-electron chi connectivity index (χ2n) is 14.5. The van der Waals surface area contributed by atoms with E-state index in [4.69, 9.17) is 16.3 Å². The smallest absolute Gasteiger partial charge is 0.256 e. The number of methoxy groups -OCH3 is 1. The zero-order valence-electron chi connectivity index (χ0n) is 31.1. The first kappa shape index (κ1) is 38.8. The molecule has 2 fully saturated rings. The van der Waals surface area contributed by atoms with Crippen LogP contribution in [-0.2, 0) is 27.2 Å². The maximum Gasteiger partial charge on any atom is 0.256 e. The third-order valence-corrected chi connectivity index (χ3v) is 12.9. The monoisotopic (exact) mass is 848 g/mol. The van der Waals surface area contributed by atoms with Crippen LogP contribution in [0.15, 0.2) is 65.3 Å². The summed E-state index contributed by atoms with van der Waals surface area (Å²) in [6.45, 7) is 6.24. The van der Waals surface area contributed by atoms with Gasteiger partial charge in [-0.2, -0.15) is 4.98 Å². The van der Waals surface area contributed by atoms with Crippen molar-refractivity contribution in [3.8, 4) is 5.75 Å². The molecule has 1 unspecified atom stereocenters. The molecule has 3 amide bonds. The standard InChI is InChI=1S/C39H43BrClN8O5P/c1-47(21-23-17-24-22-49(38(52)35(24)27(40)18-23)31-11-12-34(50)45-37(31)51)25-13-15-48(16-14-25)26-9-10-29(32(19-26)54-2)44-39-42-20-28(41)36(46-39)43-30-7-5-6-8-33(30)55(3,4)53/h5-10,17-20,25,31H,11-16,21-22H2,1-4H3,(H,45,50,51)(H2,42,43,44,46). The highest BCUT2D eigenvalue weighted by Crippen LogP contribution is 2.39. The van der Waals surface area contributed by atoms with Crippen LogP contribution in [0.4, 0.5) is 28.8 Å². The molecule has 288 valence electrons. The number of fused-ring (bicyclic) bond motifs is 1. The topological polar surface area (TPSA) is 149 Å². The molecule has 1 atom stereocenters. The van der Waals surface area contributed by atoms with E-state index >= 15 is 0 Å². The van der Waals surface area contributed by atoms with Crippen molar-refractivity contribution in [2.24, 2.45) is 0 Å². The van der Waals surface area contributed by atoms with Gasteiger partial charge in [-0.25, -0.2) is 4.98 Å². The lowest BCUT2D eigenvalue weighted by atomic mass is 10.0. The second-order valence-corrected chi connectivity index (χ2v) is 19.0. The summed E-state index contributed by atoms with van der Waals surface area (Å²) in [5.41, 5.74) is 4.99. The fourth-order valence-corrected chi connectivity index (χ4v) is 9.60. The minimum atomic E-state index is -2.56. The van der Waals surface area contributed by atoms with Crippen molar-refractivity contribution in [1.82, 2.24) is 25.1 Å². The van der Waals surface area contributed by atoms with E-state index in [2.05, 4.69) is 70.8 Å². The van der Waals surface area contributed by atoms with Crippen LogP contribution in [0.3, 0.4) is 0 Å². The van der Waals surface area contributed by atoms with Crippen molar-refractivity contribution in [2.45, 2.75) is 50.9 Å². The van der Waals surface area contributed by atoms with E-state index in [0.717, 1.165) is 47.2 Å². The van der Waals surface area contributed by atoms with E-state index in [0.29, 0.717) is 70.3 Å². The number of imide groups is 1. The van der Waals surface area contributed by atoms with E-state index < -0.39 is 19.1 Å². The average Bonchev–Trinajstić information content (AvgIpc) is 3.48. The van der Waals surface area contributed by atoms with Crippen LogP contribution < -0.4 is 30.9 Å². The lowest BCUT2D eigenvalue weighted by molar-refractivity contribution is -0.136. The Labute approximate surface area is 333 Å². The number of rotatable bonds is 11. The van der Waals surface area contributed by atoms with Crippen molar-refractivity contribution in [1.29, 1.82) is 0 Å². The highest BCUT2D eigenvalue weighted by molar-refractivity contribution is 9.10. The Morgan fingerprint density at radius 2 is 1.80 bits per heavy atom. The predicted octanol–water partition coefficient (Wildman–Crippen LogP) is 6.50. The van der Waals surface area contributed by atoms with Gasteiger partial charge in [0.2, 0.25) is 17.8 Å². The van der Waals surface area contributed by atoms with Gasteiger partial charge >= 0.3 is 0 Å². The number of piperidine rings is 2. The number of benzene rings is 3. The van der Waals surface area contributed by atoms with Crippen LogP contribution in [-0.4, -0.2) is 90.1 Å². The molecule has 0 spiro atoms. The number of amides is 3. The van der Waals surface area contributed by atoms with E-state index in [-0.39, 0.29) is 18.2 Å². The normalized spacial score (nSPS) is 17.7. The molecule has 1 aromatic heterocycles. The first-order valence-electron chi connectivity index (χ1n) is 18.1. The zero-order valence-corrected chi connectivity index (χ0v) is 34.3. The molecule has 3 aliphatic heterocycles. The van der Waals surface area contributed by atoms with E-state index in [1.54, 1.807) is 25.3 Å². The Balaban J connectivity index is 0.968. The summed E-state index contributed by atoms with van der Waals surface area (Å²) < 4.78 is 19.4. The van der Waals surface area contributed by atoms with E-state index in [9.17, 15) is 18.9 Å². The zero-order chi connectivity index (χ0) is 39.0. The first-order chi connectivity index (χ1) is 26.3. The van der Waals surface area contributed by atoms with Crippen molar-refractivity contribution in [3.05, 3.63) is 87.0 Å². The number of aromatic nitrogens is 2. The number of hydrogen-bond donors (Lipinski definition) is 3. The molecule has 55 heavy (non-hydrogen) atoms. The lowest BCUT2D eigenvalue weighted by Gasteiger charge is -2.38. The van der Waals surface area contributed by atoms with Gasteiger partial charge in [0.05, 0.1) is 30.2 Å². The van der Waals surface area contributed by atoms with Crippen molar-refractivity contribution in [3.63, 3.8) is 0 Å². The van der Waals surface area contributed by atoms with Crippen LogP contribution in [0.2, 0.25) is 5.02 Å². The Bertz CT molecular complexity index is 2210. The number of para-hydroxylation sites is 1. The molecule has 3 aromatic carbocycles. The summed E-state index contributed by atoms with van der Waals surface area (Å²) in [5.74, 6) is 0.460. The summed E-state index contributed by atoms with van der Waals surface area (Å²) >= 11 is 10.1. The maximum absolute atomic E-state index is 13.3. The van der Waals surface area contributed by atoms with E-state index in [1.807, 2.05) is 42.5 Å². The number of carbonyl (C=O) groups excluding carboxylic acids is 3. The molecule has 0 bridgehead atoms. The summed E-state index contributed by atoms with van der Waals surface area (Å²) in [6.07, 6.45) is 4.01. The fraction of sp³-hybridized carbons (Fsp3) is 0.359. The summed E-state index contributed by atoms with van der Waals surface area (Å²) in [7, 11) is 1.21. The van der Waals surface area contributed by atoms with Crippen LogP contribution in [0.5, 0.6) is 5.75 Å². The van der Waals surface area contributed by atoms with E-state index in [1.165, 1.54) is 6.20 Å². The van der Waals surface area contributed by atoms with Gasteiger partial charge in [-0.05, 0) is 97.0 Å². The number of nitrogens with one attached hydrogen (secondary N) is 3. The Morgan fingerprint density at radius 3 is 2.53 bits per heavy atom. The minimum absolute atomic E-state index is 0.186. The molecule has 3 aliphatic rings. The van der Waals surface area contributed by atoms with Gasteiger partial charge in [0, 0.05) is 60.2 Å². The Morgan fingerprint density at radius 1 is 1.04 bits per heavy atom. The lowest BCUT2D eigenvalue weighted by Crippen LogP contribution is -2.52. The summed E-state index contributed by atoms with van der Waals surface area (Å²) in [5, 5.41) is 9.90. The Hall–Kier alpha value is -4.49. The number of anilines is 5. The molecule has 2 saturated heterocycles. The molecular formula is C39H43BrClN8O5P. The molecule has 16 heteroatoms. The van der Waals surface area contributed by atoms with Gasteiger partial charge in [0.1, 0.15) is 24.0 Å². The average molecular weight is 850 g/mol. The molecule has 3 N–H and O–H groups in total. The molecule has 7 rings (SSSR count). The molecular weight excluding hydrogens is 807 g/mol. The van der Waals surface area contributed by atoms with Gasteiger partial charge < -0.3 is 29.7 Å².